The van der Waals surface area contributed by atoms with Crippen LogP contribution in [0.25, 0.3) is 16.6 Å². The number of carbonyl (C=O) groups is 1. The van der Waals surface area contributed by atoms with Gasteiger partial charge in [0, 0.05) is 38.3 Å². The maximum absolute atomic E-state index is 12.3. The van der Waals surface area contributed by atoms with E-state index < -0.39 is 0 Å². The Morgan fingerprint density at radius 3 is 2.90 bits per heavy atom. The second kappa shape index (κ2) is 5.31. The van der Waals surface area contributed by atoms with Crippen molar-refractivity contribution in [1.29, 1.82) is 0 Å². The van der Waals surface area contributed by atoms with E-state index in [9.17, 15) is 4.79 Å². The van der Waals surface area contributed by atoms with Gasteiger partial charge in [-0.25, -0.2) is 9.69 Å². The fraction of sp³-hybridized carbons (Fsp3) is 0.333. The maximum Gasteiger partial charge on any atom is 0.267 e. The van der Waals surface area contributed by atoms with Crippen molar-refractivity contribution in [2.45, 2.75) is 6.92 Å². The summed E-state index contributed by atoms with van der Waals surface area (Å²) in [6.45, 7) is 3.69. The summed E-state index contributed by atoms with van der Waals surface area (Å²) < 4.78 is 1.93. The predicted molar refractivity (Wildman–Crippen MR) is 82.8 cm³/mol. The second-order valence-electron chi connectivity index (χ2n) is 5.36. The molecule has 1 aliphatic rings. The van der Waals surface area contributed by atoms with Crippen molar-refractivity contribution in [2.24, 2.45) is 0 Å². The summed E-state index contributed by atoms with van der Waals surface area (Å²) in [5, 5.41) is 10.6. The molecule has 1 aromatic heterocycles. The van der Waals surface area contributed by atoms with Crippen LogP contribution in [0.5, 0.6) is 0 Å². The summed E-state index contributed by atoms with van der Waals surface area (Å²) in [5.74, 6) is -0.145. The lowest BCUT2D eigenvalue weighted by Gasteiger charge is -2.11. The maximum atomic E-state index is 12.3. The van der Waals surface area contributed by atoms with Crippen molar-refractivity contribution in [2.75, 3.05) is 27.2 Å². The van der Waals surface area contributed by atoms with Crippen LogP contribution in [-0.2, 0) is 0 Å². The number of benzene rings is 1. The van der Waals surface area contributed by atoms with Crippen molar-refractivity contribution in [3.05, 3.63) is 35.5 Å². The second-order valence-corrected chi connectivity index (χ2v) is 5.36. The number of nitrogens with zero attached hydrogens (tertiary/aromatic N) is 3. The Kier molecular flexibility index (Phi) is 3.48. The highest BCUT2D eigenvalue weighted by Gasteiger charge is 2.18. The van der Waals surface area contributed by atoms with Crippen LogP contribution in [0.1, 0.15) is 16.1 Å². The lowest BCUT2D eigenvalue weighted by atomic mass is 10.1. The van der Waals surface area contributed by atoms with Crippen LogP contribution in [0.3, 0.4) is 0 Å². The van der Waals surface area contributed by atoms with Crippen LogP contribution in [0.15, 0.2) is 24.3 Å². The Hall–Kier alpha value is -2.18. The topological polar surface area (TPSA) is 62.2 Å². The summed E-state index contributed by atoms with van der Waals surface area (Å²) in [7, 11) is 3.58. The van der Waals surface area contributed by atoms with Gasteiger partial charge in [0.2, 0.25) is 0 Å². The molecule has 0 fully saturated rings. The normalized spacial score (nSPS) is 14.8. The summed E-state index contributed by atoms with van der Waals surface area (Å²) >= 11 is 0. The Labute approximate surface area is 123 Å². The van der Waals surface area contributed by atoms with Crippen LogP contribution in [0.2, 0.25) is 0 Å². The van der Waals surface area contributed by atoms with Crippen molar-refractivity contribution < 1.29 is 4.79 Å². The molecule has 1 aromatic carbocycles. The minimum absolute atomic E-state index is 0.145. The lowest BCUT2D eigenvalue weighted by Crippen LogP contribution is -2.36. The molecule has 6 nitrogen and oxygen atoms in total. The van der Waals surface area contributed by atoms with Crippen LogP contribution in [0.4, 0.5) is 0 Å². The molecule has 0 unspecified atom stereocenters. The third-order valence-electron chi connectivity index (χ3n) is 3.57. The molecule has 1 amide bonds. The zero-order chi connectivity index (χ0) is 15.0. The molecule has 0 aliphatic carbocycles. The quantitative estimate of drug-likeness (QED) is 0.826. The van der Waals surface area contributed by atoms with Crippen molar-refractivity contribution >= 4 is 22.5 Å². The first-order valence-corrected chi connectivity index (χ1v) is 6.94. The van der Waals surface area contributed by atoms with Crippen LogP contribution >= 0.6 is 0 Å². The SMILES string of the molecule is Cc1c2cccc(C(=O)NN(C)C)c2nn1C1=CCNC1. The third-order valence-corrected chi connectivity index (χ3v) is 3.57. The fourth-order valence-electron chi connectivity index (χ4n) is 2.58. The molecule has 0 saturated heterocycles. The molecule has 3 rings (SSSR count). The van der Waals surface area contributed by atoms with Crippen LogP contribution in [-0.4, -0.2) is 47.9 Å². The van der Waals surface area contributed by atoms with Gasteiger partial charge in [0.15, 0.2) is 0 Å². The van der Waals surface area contributed by atoms with E-state index >= 15 is 0 Å². The van der Waals surface area contributed by atoms with E-state index in [4.69, 9.17) is 0 Å². The zero-order valence-corrected chi connectivity index (χ0v) is 12.5. The average molecular weight is 285 g/mol. The van der Waals surface area contributed by atoms with Gasteiger partial charge in [0.25, 0.3) is 5.91 Å². The van der Waals surface area contributed by atoms with Gasteiger partial charge in [0.05, 0.1) is 11.3 Å². The van der Waals surface area contributed by atoms with Crippen molar-refractivity contribution in [3.8, 4) is 0 Å². The van der Waals surface area contributed by atoms with E-state index in [-0.39, 0.29) is 5.91 Å². The molecule has 21 heavy (non-hydrogen) atoms. The van der Waals surface area contributed by atoms with Gasteiger partial charge in [-0.2, -0.15) is 5.10 Å². The molecule has 0 radical (unpaired) electrons. The molecule has 0 bridgehead atoms. The molecule has 110 valence electrons. The number of rotatable bonds is 3. The van der Waals surface area contributed by atoms with E-state index in [1.165, 1.54) is 0 Å². The third kappa shape index (κ3) is 2.43. The van der Waals surface area contributed by atoms with Gasteiger partial charge in [0.1, 0.15) is 5.52 Å². The predicted octanol–water partition coefficient (Wildman–Crippen LogP) is 0.995. The van der Waals surface area contributed by atoms with E-state index in [1.807, 2.05) is 23.7 Å². The molecule has 0 atom stereocenters. The van der Waals surface area contributed by atoms with E-state index in [0.717, 1.165) is 35.4 Å². The largest absolute Gasteiger partial charge is 0.308 e. The smallest absolute Gasteiger partial charge is 0.267 e. The fourth-order valence-corrected chi connectivity index (χ4v) is 2.58. The number of amides is 1. The molecule has 2 heterocycles. The Balaban J connectivity index is 2.11. The monoisotopic (exact) mass is 285 g/mol. The summed E-state index contributed by atoms with van der Waals surface area (Å²) in [5.41, 5.74) is 6.28. The molecule has 0 saturated carbocycles. The van der Waals surface area contributed by atoms with E-state index in [0.29, 0.717) is 5.56 Å². The highest BCUT2D eigenvalue weighted by atomic mass is 16.2. The number of hydrogen-bond donors (Lipinski definition) is 2. The Morgan fingerprint density at radius 2 is 2.24 bits per heavy atom. The highest BCUT2D eigenvalue weighted by molar-refractivity contribution is 6.06. The van der Waals surface area contributed by atoms with Gasteiger partial charge in [-0.3, -0.25) is 10.2 Å². The van der Waals surface area contributed by atoms with E-state index in [1.54, 1.807) is 25.2 Å². The first-order chi connectivity index (χ1) is 10.1. The Morgan fingerprint density at radius 1 is 1.43 bits per heavy atom. The average Bonchev–Trinajstić information content (AvgIpc) is 3.06. The number of fused-ring (bicyclic) bond motifs is 1. The first-order valence-electron chi connectivity index (χ1n) is 6.94. The molecule has 1 aliphatic heterocycles. The molecular formula is C15H19N5O. The minimum Gasteiger partial charge on any atom is -0.308 e. The zero-order valence-electron chi connectivity index (χ0n) is 12.5. The summed E-state index contributed by atoms with van der Waals surface area (Å²) in [6.07, 6.45) is 2.12. The standard InChI is InChI=1S/C15H19N5O/c1-10-12-5-4-6-13(15(21)18-19(2)3)14(12)17-20(10)11-7-8-16-9-11/h4-7,16H,8-9H2,1-3H3,(H,18,21). The minimum atomic E-state index is -0.145. The van der Waals surface area contributed by atoms with Gasteiger partial charge >= 0.3 is 0 Å². The molecule has 2 N–H and O–H groups in total. The van der Waals surface area contributed by atoms with Gasteiger partial charge in [-0.15, -0.1) is 0 Å². The summed E-state index contributed by atoms with van der Waals surface area (Å²) in [4.78, 5) is 12.3. The lowest BCUT2D eigenvalue weighted by molar-refractivity contribution is 0.0858. The summed E-state index contributed by atoms with van der Waals surface area (Å²) in [6, 6.07) is 5.70. The van der Waals surface area contributed by atoms with Crippen LogP contribution in [0, 0.1) is 6.92 Å². The number of hydrogen-bond acceptors (Lipinski definition) is 4. The number of carbonyl (C=O) groups excluding carboxylic acids is 1. The molecule has 6 heteroatoms. The number of aryl methyl sites for hydroxylation is 1. The Bertz CT molecular complexity index is 729. The van der Waals surface area contributed by atoms with E-state index in [2.05, 4.69) is 21.9 Å². The van der Waals surface area contributed by atoms with Gasteiger partial charge < -0.3 is 5.32 Å². The molecular weight excluding hydrogens is 266 g/mol. The van der Waals surface area contributed by atoms with Crippen molar-refractivity contribution in [3.63, 3.8) is 0 Å². The van der Waals surface area contributed by atoms with Crippen molar-refractivity contribution in [1.82, 2.24) is 25.5 Å². The number of hydrazine groups is 1. The molecule has 2 aromatic rings. The van der Waals surface area contributed by atoms with Gasteiger partial charge in [-0.1, -0.05) is 12.1 Å². The molecule has 0 spiro atoms. The van der Waals surface area contributed by atoms with Crippen LogP contribution < -0.4 is 10.7 Å². The first kappa shape index (κ1) is 13.8. The number of nitrogens with one attached hydrogen (secondary N) is 2. The highest BCUT2D eigenvalue weighted by Crippen LogP contribution is 2.24. The number of aromatic nitrogens is 2. The van der Waals surface area contributed by atoms with Gasteiger partial charge in [-0.05, 0) is 19.1 Å².